The summed E-state index contributed by atoms with van der Waals surface area (Å²) in [5.74, 6) is 0. The number of methoxy groups -OCH3 is 1. The van der Waals surface area contributed by atoms with Gasteiger partial charge in [0, 0.05) is 51.8 Å². The summed E-state index contributed by atoms with van der Waals surface area (Å²) in [6, 6.07) is 4.38. The molecule has 0 radical (unpaired) electrons. The molecule has 1 heterocycles. The van der Waals surface area contributed by atoms with Crippen LogP contribution in [0.3, 0.4) is 0 Å². The van der Waals surface area contributed by atoms with Crippen LogP contribution in [0.2, 0.25) is 5.02 Å². The number of anilines is 1. The third kappa shape index (κ3) is 3.39. The SMILES string of the molecule is COC1(CNc2ccc([N+](=O)[O-])cc2Cl)CCOCC1. The highest BCUT2D eigenvalue weighted by atomic mass is 35.5. The van der Waals surface area contributed by atoms with Crippen LogP contribution in [0, 0.1) is 10.1 Å². The first-order chi connectivity index (χ1) is 9.56. The Morgan fingerprint density at radius 2 is 2.20 bits per heavy atom. The molecule has 7 heteroatoms. The van der Waals surface area contributed by atoms with E-state index in [0.717, 1.165) is 12.8 Å². The molecule has 0 spiro atoms. The fraction of sp³-hybridized carbons (Fsp3) is 0.538. The van der Waals surface area contributed by atoms with Gasteiger partial charge in [-0.15, -0.1) is 0 Å². The lowest BCUT2D eigenvalue weighted by molar-refractivity contribution is -0.384. The van der Waals surface area contributed by atoms with Gasteiger partial charge < -0.3 is 14.8 Å². The summed E-state index contributed by atoms with van der Waals surface area (Å²) >= 11 is 6.05. The highest BCUT2D eigenvalue weighted by Gasteiger charge is 2.32. The van der Waals surface area contributed by atoms with Gasteiger partial charge in [0.25, 0.3) is 5.69 Å². The van der Waals surface area contributed by atoms with Crippen LogP contribution in [-0.2, 0) is 9.47 Å². The van der Waals surface area contributed by atoms with Crippen molar-refractivity contribution in [2.24, 2.45) is 0 Å². The number of rotatable bonds is 5. The molecule has 1 fully saturated rings. The second kappa shape index (κ2) is 6.39. The van der Waals surface area contributed by atoms with Crippen LogP contribution >= 0.6 is 11.6 Å². The molecule has 1 saturated heterocycles. The Balaban J connectivity index is 2.04. The number of ether oxygens (including phenoxy) is 2. The largest absolute Gasteiger partial charge is 0.381 e. The van der Waals surface area contributed by atoms with E-state index >= 15 is 0 Å². The Kier molecular flexibility index (Phi) is 4.80. The zero-order valence-corrected chi connectivity index (χ0v) is 12.0. The van der Waals surface area contributed by atoms with E-state index in [0.29, 0.717) is 30.5 Å². The smallest absolute Gasteiger partial charge is 0.271 e. The van der Waals surface area contributed by atoms with E-state index in [1.807, 2.05) is 0 Å². The lowest BCUT2D eigenvalue weighted by atomic mass is 9.94. The van der Waals surface area contributed by atoms with Gasteiger partial charge >= 0.3 is 0 Å². The van der Waals surface area contributed by atoms with Crippen molar-refractivity contribution in [3.05, 3.63) is 33.3 Å². The maximum Gasteiger partial charge on any atom is 0.271 e. The second-order valence-electron chi connectivity index (χ2n) is 4.77. The fourth-order valence-corrected chi connectivity index (χ4v) is 2.46. The first-order valence-corrected chi connectivity index (χ1v) is 6.75. The number of nitro groups is 1. The number of benzene rings is 1. The van der Waals surface area contributed by atoms with Gasteiger partial charge in [-0.1, -0.05) is 11.6 Å². The minimum Gasteiger partial charge on any atom is -0.381 e. The molecule has 0 aromatic heterocycles. The molecule has 20 heavy (non-hydrogen) atoms. The summed E-state index contributed by atoms with van der Waals surface area (Å²) in [6.07, 6.45) is 1.61. The fourth-order valence-electron chi connectivity index (χ4n) is 2.21. The average molecular weight is 301 g/mol. The lowest BCUT2D eigenvalue weighted by Gasteiger charge is -2.36. The maximum absolute atomic E-state index is 10.7. The minimum absolute atomic E-state index is 0.0203. The molecule has 0 unspecified atom stereocenters. The van der Waals surface area contributed by atoms with Crippen molar-refractivity contribution in [2.45, 2.75) is 18.4 Å². The van der Waals surface area contributed by atoms with Crippen LogP contribution in [0.1, 0.15) is 12.8 Å². The van der Waals surface area contributed by atoms with Crippen molar-refractivity contribution >= 4 is 23.0 Å². The molecule has 1 aromatic rings. The van der Waals surface area contributed by atoms with E-state index in [9.17, 15) is 10.1 Å². The molecule has 6 nitrogen and oxygen atoms in total. The van der Waals surface area contributed by atoms with Crippen LogP contribution in [-0.4, -0.2) is 37.4 Å². The summed E-state index contributed by atoms with van der Waals surface area (Å²) in [5.41, 5.74) is 0.372. The van der Waals surface area contributed by atoms with Gasteiger partial charge in [0.1, 0.15) is 0 Å². The number of nitrogens with zero attached hydrogens (tertiary/aromatic N) is 1. The first kappa shape index (κ1) is 15.0. The van der Waals surface area contributed by atoms with E-state index in [2.05, 4.69) is 5.32 Å². The zero-order valence-electron chi connectivity index (χ0n) is 11.2. The van der Waals surface area contributed by atoms with Gasteiger partial charge in [-0.05, 0) is 6.07 Å². The van der Waals surface area contributed by atoms with Crippen LogP contribution in [0.5, 0.6) is 0 Å². The van der Waals surface area contributed by atoms with Crippen molar-refractivity contribution < 1.29 is 14.4 Å². The summed E-state index contributed by atoms with van der Waals surface area (Å²) in [7, 11) is 1.68. The van der Waals surface area contributed by atoms with Gasteiger partial charge in [-0.2, -0.15) is 0 Å². The van der Waals surface area contributed by atoms with E-state index in [4.69, 9.17) is 21.1 Å². The highest BCUT2D eigenvalue weighted by Crippen LogP contribution is 2.29. The quantitative estimate of drug-likeness (QED) is 0.668. The van der Waals surface area contributed by atoms with Crippen LogP contribution in [0.15, 0.2) is 18.2 Å². The first-order valence-electron chi connectivity index (χ1n) is 6.37. The summed E-state index contributed by atoms with van der Waals surface area (Å²) in [4.78, 5) is 10.2. The normalized spacial score (nSPS) is 17.7. The molecule has 1 N–H and O–H groups in total. The minimum atomic E-state index is -0.467. The maximum atomic E-state index is 10.7. The highest BCUT2D eigenvalue weighted by molar-refractivity contribution is 6.33. The van der Waals surface area contributed by atoms with E-state index in [1.54, 1.807) is 13.2 Å². The topological polar surface area (TPSA) is 73.6 Å². The Morgan fingerprint density at radius 1 is 1.50 bits per heavy atom. The predicted molar refractivity (Wildman–Crippen MR) is 76.4 cm³/mol. The molecule has 1 aliphatic heterocycles. The third-order valence-electron chi connectivity index (χ3n) is 3.60. The molecule has 0 amide bonds. The molecule has 0 atom stereocenters. The lowest BCUT2D eigenvalue weighted by Crippen LogP contribution is -2.44. The Labute approximate surface area is 122 Å². The van der Waals surface area contributed by atoms with Gasteiger partial charge in [0.05, 0.1) is 21.2 Å². The van der Waals surface area contributed by atoms with Gasteiger partial charge in [0.2, 0.25) is 0 Å². The van der Waals surface area contributed by atoms with Crippen molar-refractivity contribution in [2.75, 3.05) is 32.2 Å². The molecule has 0 bridgehead atoms. The van der Waals surface area contributed by atoms with Crippen LogP contribution in [0.25, 0.3) is 0 Å². The molecule has 0 saturated carbocycles. The number of nitrogens with one attached hydrogen (secondary N) is 1. The molecule has 1 aromatic carbocycles. The molecular formula is C13H17ClN2O4. The number of non-ortho nitro benzene ring substituents is 1. The molecule has 1 aliphatic rings. The van der Waals surface area contributed by atoms with Crippen molar-refractivity contribution in [1.82, 2.24) is 0 Å². The summed E-state index contributed by atoms with van der Waals surface area (Å²) in [6.45, 7) is 1.93. The van der Waals surface area contributed by atoms with Crippen molar-refractivity contribution in [1.29, 1.82) is 0 Å². The third-order valence-corrected chi connectivity index (χ3v) is 3.91. The van der Waals surface area contributed by atoms with E-state index < -0.39 is 4.92 Å². The summed E-state index contributed by atoms with van der Waals surface area (Å²) in [5, 5.41) is 14.2. The average Bonchev–Trinajstić information content (AvgIpc) is 2.47. The van der Waals surface area contributed by atoms with Gasteiger partial charge in [0.15, 0.2) is 0 Å². The standard InChI is InChI=1S/C13H17ClN2O4/c1-19-13(4-6-20-7-5-13)9-15-12-3-2-10(16(17)18)8-11(12)14/h2-3,8,15H,4-7,9H2,1H3. The number of nitro benzene ring substituents is 1. The number of hydrogen-bond donors (Lipinski definition) is 1. The van der Waals surface area contributed by atoms with Gasteiger partial charge in [-0.25, -0.2) is 0 Å². The van der Waals surface area contributed by atoms with E-state index in [1.165, 1.54) is 12.1 Å². The Morgan fingerprint density at radius 3 is 2.75 bits per heavy atom. The van der Waals surface area contributed by atoms with Crippen LogP contribution in [0.4, 0.5) is 11.4 Å². The van der Waals surface area contributed by atoms with Gasteiger partial charge in [-0.3, -0.25) is 10.1 Å². The Bertz CT molecular complexity index is 489. The predicted octanol–water partition coefficient (Wildman–Crippen LogP) is 2.86. The van der Waals surface area contributed by atoms with E-state index in [-0.39, 0.29) is 11.3 Å². The number of hydrogen-bond acceptors (Lipinski definition) is 5. The second-order valence-corrected chi connectivity index (χ2v) is 5.18. The van der Waals surface area contributed by atoms with Crippen LogP contribution < -0.4 is 5.32 Å². The summed E-state index contributed by atoms with van der Waals surface area (Å²) < 4.78 is 10.9. The Hall–Kier alpha value is -1.37. The zero-order chi connectivity index (χ0) is 14.6. The van der Waals surface area contributed by atoms with Crippen molar-refractivity contribution in [3.8, 4) is 0 Å². The molecular weight excluding hydrogens is 284 g/mol. The molecule has 0 aliphatic carbocycles. The monoisotopic (exact) mass is 300 g/mol. The molecule has 2 rings (SSSR count). The number of halogens is 1. The van der Waals surface area contributed by atoms with Crippen molar-refractivity contribution in [3.63, 3.8) is 0 Å². The molecule has 110 valence electrons.